The standard InChI is InChI=1S/C16H19N3S/c1-5-9-19-15(14-8-6-7-13(4)10-14)17-18-16(19)20-11-12(2)3/h5-8,10H,1-2,9,11H2,3-4H3. The molecule has 1 aromatic heterocycles. The Morgan fingerprint density at radius 3 is 2.85 bits per heavy atom. The van der Waals surface area contributed by atoms with Crippen molar-refractivity contribution in [3.05, 3.63) is 54.6 Å². The lowest BCUT2D eigenvalue weighted by molar-refractivity contribution is 0.731. The van der Waals surface area contributed by atoms with E-state index in [-0.39, 0.29) is 0 Å². The van der Waals surface area contributed by atoms with Crippen LogP contribution in [0.5, 0.6) is 0 Å². The molecule has 1 aromatic carbocycles. The first-order valence-electron chi connectivity index (χ1n) is 6.50. The molecule has 0 saturated carbocycles. The van der Waals surface area contributed by atoms with E-state index in [4.69, 9.17) is 0 Å². The van der Waals surface area contributed by atoms with Gasteiger partial charge in [-0.1, -0.05) is 53.8 Å². The van der Waals surface area contributed by atoms with Crippen molar-refractivity contribution < 1.29 is 0 Å². The predicted molar refractivity (Wildman–Crippen MR) is 85.9 cm³/mol. The summed E-state index contributed by atoms with van der Waals surface area (Å²) in [5.41, 5.74) is 3.42. The Labute approximate surface area is 124 Å². The number of hydrogen-bond acceptors (Lipinski definition) is 3. The zero-order valence-electron chi connectivity index (χ0n) is 12.0. The smallest absolute Gasteiger partial charge is 0.192 e. The highest BCUT2D eigenvalue weighted by Gasteiger charge is 2.13. The molecule has 3 nitrogen and oxygen atoms in total. The first kappa shape index (κ1) is 14.6. The maximum absolute atomic E-state index is 4.34. The second kappa shape index (κ2) is 6.57. The molecule has 0 unspecified atom stereocenters. The molecule has 2 rings (SSSR count). The van der Waals surface area contributed by atoms with E-state index in [1.54, 1.807) is 11.8 Å². The van der Waals surface area contributed by atoms with Crippen molar-refractivity contribution in [1.82, 2.24) is 14.8 Å². The van der Waals surface area contributed by atoms with E-state index in [1.807, 2.05) is 19.1 Å². The average molecular weight is 285 g/mol. The van der Waals surface area contributed by atoms with Crippen LogP contribution in [0.25, 0.3) is 11.4 Å². The Bertz CT molecular complexity index is 628. The molecule has 0 aliphatic carbocycles. The van der Waals surface area contributed by atoms with Crippen molar-refractivity contribution in [1.29, 1.82) is 0 Å². The highest BCUT2D eigenvalue weighted by molar-refractivity contribution is 7.99. The predicted octanol–water partition coefficient (Wildman–Crippen LogP) is 4.11. The second-order valence-corrected chi connectivity index (χ2v) is 5.76. The third-order valence-electron chi connectivity index (χ3n) is 2.75. The fourth-order valence-corrected chi connectivity index (χ4v) is 2.67. The Morgan fingerprint density at radius 2 is 2.20 bits per heavy atom. The van der Waals surface area contributed by atoms with Crippen LogP contribution in [-0.4, -0.2) is 20.5 Å². The van der Waals surface area contributed by atoms with Gasteiger partial charge in [-0.05, 0) is 19.9 Å². The molecule has 0 atom stereocenters. The molecule has 20 heavy (non-hydrogen) atoms. The zero-order valence-corrected chi connectivity index (χ0v) is 12.8. The highest BCUT2D eigenvalue weighted by atomic mass is 32.2. The van der Waals surface area contributed by atoms with Gasteiger partial charge in [-0.25, -0.2) is 0 Å². The number of rotatable bonds is 6. The zero-order chi connectivity index (χ0) is 14.5. The fraction of sp³-hybridized carbons (Fsp3) is 0.250. The molecule has 104 valence electrons. The van der Waals surface area contributed by atoms with Gasteiger partial charge in [0.1, 0.15) is 0 Å². The van der Waals surface area contributed by atoms with Gasteiger partial charge < -0.3 is 0 Å². The summed E-state index contributed by atoms with van der Waals surface area (Å²) in [5.74, 6) is 1.74. The Hall–Kier alpha value is -1.81. The van der Waals surface area contributed by atoms with E-state index < -0.39 is 0 Å². The Morgan fingerprint density at radius 1 is 1.40 bits per heavy atom. The lowest BCUT2D eigenvalue weighted by Gasteiger charge is -2.08. The molecular formula is C16H19N3S. The van der Waals surface area contributed by atoms with Crippen LogP contribution in [0.2, 0.25) is 0 Å². The van der Waals surface area contributed by atoms with Gasteiger partial charge in [-0.15, -0.1) is 16.8 Å². The highest BCUT2D eigenvalue weighted by Crippen LogP contribution is 2.25. The topological polar surface area (TPSA) is 30.7 Å². The van der Waals surface area contributed by atoms with Crippen molar-refractivity contribution in [2.45, 2.75) is 25.5 Å². The fourth-order valence-electron chi connectivity index (χ4n) is 1.87. The Kier molecular flexibility index (Phi) is 4.79. The van der Waals surface area contributed by atoms with Gasteiger partial charge >= 0.3 is 0 Å². The van der Waals surface area contributed by atoms with Crippen LogP contribution in [0.1, 0.15) is 12.5 Å². The van der Waals surface area contributed by atoms with Crippen molar-refractivity contribution in [2.75, 3.05) is 5.75 Å². The summed E-state index contributed by atoms with van der Waals surface area (Å²) in [5, 5.41) is 9.55. The molecule has 0 saturated heterocycles. The monoisotopic (exact) mass is 285 g/mol. The van der Waals surface area contributed by atoms with Crippen molar-refractivity contribution in [2.24, 2.45) is 0 Å². The molecule has 0 radical (unpaired) electrons. The summed E-state index contributed by atoms with van der Waals surface area (Å²) in [6.07, 6.45) is 1.87. The van der Waals surface area contributed by atoms with Crippen molar-refractivity contribution >= 4 is 11.8 Å². The maximum Gasteiger partial charge on any atom is 0.192 e. The summed E-state index contributed by atoms with van der Waals surface area (Å²) in [4.78, 5) is 0. The van der Waals surface area contributed by atoms with Gasteiger partial charge in [0, 0.05) is 17.9 Å². The number of allylic oxidation sites excluding steroid dienone is 1. The minimum atomic E-state index is 0.703. The number of nitrogens with zero attached hydrogens (tertiary/aromatic N) is 3. The summed E-state index contributed by atoms with van der Waals surface area (Å²) in [6, 6.07) is 8.30. The molecular weight excluding hydrogens is 266 g/mol. The summed E-state index contributed by atoms with van der Waals surface area (Å²) in [7, 11) is 0. The number of aryl methyl sites for hydroxylation is 1. The quantitative estimate of drug-likeness (QED) is 0.591. The Balaban J connectivity index is 2.38. The third kappa shape index (κ3) is 3.39. The minimum absolute atomic E-state index is 0.703. The molecule has 0 bridgehead atoms. The van der Waals surface area contributed by atoms with Crippen LogP contribution in [0.3, 0.4) is 0 Å². The van der Waals surface area contributed by atoms with Crippen LogP contribution < -0.4 is 0 Å². The van der Waals surface area contributed by atoms with E-state index in [9.17, 15) is 0 Å². The van der Waals surface area contributed by atoms with E-state index in [0.29, 0.717) is 6.54 Å². The van der Waals surface area contributed by atoms with Crippen LogP contribution >= 0.6 is 11.8 Å². The molecule has 0 amide bonds. The van der Waals surface area contributed by atoms with Crippen LogP contribution in [-0.2, 0) is 6.54 Å². The summed E-state index contributed by atoms with van der Waals surface area (Å²) in [6.45, 7) is 12.5. The summed E-state index contributed by atoms with van der Waals surface area (Å²) < 4.78 is 2.09. The lowest BCUT2D eigenvalue weighted by Crippen LogP contribution is -2.01. The molecule has 0 fully saturated rings. The number of benzene rings is 1. The van der Waals surface area contributed by atoms with Crippen LogP contribution in [0, 0.1) is 6.92 Å². The van der Waals surface area contributed by atoms with E-state index >= 15 is 0 Å². The van der Waals surface area contributed by atoms with Gasteiger partial charge in [0.15, 0.2) is 11.0 Å². The molecule has 0 aliphatic rings. The normalized spacial score (nSPS) is 10.5. The largest absolute Gasteiger partial charge is 0.298 e. The SMILES string of the molecule is C=CCn1c(SCC(=C)C)nnc1-c1cccc(C)c1. The molecule has 2 aromatic rings. The number of hydrogen-bond donors (Lipinski definition) is 0. The molecule has 1 heterocycles. The number of aromatic nitrogens is 3. The van der Waals surface area contributed by atoms with Crippen LogP contribution in [0.15, 0.2) is 54.2 Å². The van der Waals surface area contributed by atoms with Gasteiger partial charge in [-0.2, -0.15) is 0 Å². The molecule has 0 spiro atoms. The molecule has 4 heteroatoms. The average Bonchev–Trinajstić information content (AvgIpc) is 2.80. The second-order valence-electron chi connectivity index (χ2n) is 4.82. The number of thioether (sulfide) groups is 1. The van der Waals surface area contributed by atoms with Gasteiger partial charge in [0.2, 0.25) is 0 Å². The maximum atomic E-state index is 4.34. The van der Waals surface area contributed by atoms with E-state index in [2.05, 4.69) is 53.0 Å². The summed E-state index contributed by atoms with van der Waals surface area (Å²) >= 11 is 1.66. The van der Waals surface area contributed by atoms with Gasteiger partial charge in [0.05, 0.1) is 0 Å². The van der Waals surface area contributed by atoms with Gasteiger partial charge in [-0.3, -0.25) is 4.57 Å². The van der Waals surface area contributed by atoms with E-state index in [0.717, 1.165) is 27.9 Å². The minimum Gasteiger partial charge on any atom is -0.298 e. The molecule has 0 N–H and O–H groups in total. The van der Waals surface area contributed by atoms with Gasteiger partial charge in [0.25, 0.3) is 0 Å². The van der Waals surface area contributed by atoms with Crippen molar-refractivity contribution in [3.8, 4) is 11.4 Å². The van der Waals surface area contributed by atoms with Crippen LogP contribution in [0.4, 0.5) is 0 Å². The lowest BCUT2D eigenvalue weighted by atomic mass is 10.1. The molecule has 0 aliphatic heterocycles. The first-order valence-corrected chi connectivity index (χ1v) is 7.48. The first-order chi connectivity index (χ1) is 9.61. The van der Waals surface area contributed by atoms with Crippen molar-refractivity contribution in [3.63, 3.8) is 0 Å². The van der Waals surface area contributed by atoms with E-state index in [1.165, 1.54) is 5.56 Å². The third-order valence-corrected chi connectivity index (χ3v) is 3.95.